The second-order valence-electron chi connectivity index (χ2n) is 5.85. The zero-order valence-corrected chi connectivity index (χ0v) is 15.2. The Balaban J connectivity index is 2.07. The van der Waals surface area contributed by atoms with Gasteiger partial charge >= 0.3 is 6.36 Å². The van der Waals surface area contributed by atoms with Crippen molar-refractivity contribution in [3.63, 3.8) is 0 Å². The van der Waals surface area contributed by atoms with Gasteiger partial charge in [0, 0.05) is 25.1 Å². The van der Waals surface area contributed by atoms with E-state index in [1.54, 1.807) is 0 Å². The molecule has 1 fully saturated rings. The number of ether oxygens (including phenoxy) is 2. The zero-order chi connectivity index (χ0) is 20.2. The van der Waals surface area contributed by atoms with Gasteiger partial charge in [-0.05, 0) is 37.1 Å². The van der Waals surface area contributed by atoms with Crippen molar-refractivity contribution in [3.8, 4) is 5.75 Å². The Hall–Kier alpha value is -2.27. The number of alkyl halides is 3. The van der Waals surface area contributed by atoms with Crippen LogP contribution in [-0.2, 0) is 19.6 Å². The minimum atomic E-state index is -4.85. The van der Waals surface area contributed by atoms with Crippen molar-refractivity contribution < 1.29 is 35.9 Å². The highest BCUT2D eigenvalue weighted by atomic mass is 32.2. The van der Waals surface area contributed by atoms with Gasteiger partial charge in [-0.3, -0.25) is 4.79 Å². The van der Waals surface area contributed by atoms with Crippen LogP contribution in [0.25, 0.3) is 0 Å². The van der Waals surface area contributed by atoms with Gasteiger partial charge in [0.2, 0.25) is 15.9 Å². The lowest BCUT2D eigenvalue weighted by Gasteiger charge is -2.31. The largest absolute Gasteiger partial charge is 0.573 e. The number of sulfonamides is 1. The van der Waals surface area contributed by atoms with E-state index in [-0.39, 0.29) is 23.9 Å². The number of carbonyl (C=O) groups excluding carboxylic acids is 1. The molecule has 0 atom stereocenters. The predicted molar refractivity (Wildman–Crippen MR) is 88.9 cm³/mol. The van der Waals surface area contributed by atoms with Gasteiger partial charge in [0.1, 0.15) is 11.5 Å². The molecule has 0 bridgehead atoms. The van der Waals surface area contributed by atoms with E-state index in [0.29, 0.717) is 18.6 Å². The summed E-state index contributed by atoms with van der Waals surface area (Å²) in [6, 6.07) is 4.03. The molecule has 27 heavy (non-hydrogen) atoms. The Morgan fingerprint density at radius 1 is 1.22 bits per heavy atom. The molecule has 1 heterocycles. The molecule has 1 aliphatic heterocycles. The van der Waals surface area contributed by atoms with Crippen molar-refractivity contribution in [1.82, 2.24) is 4.31 Å². The molecule has 1 saturated heterocycles. The molecule has 7 nitrogen and oxygen atoms in total. The van der Waals surface area contributed by atoms with Gasteiger partial charge in [0.15, 0.2) is 0 Å². The lowest BCUT2D eigenvalue weighted by atomic mass is 9.95. The molecule has 2 N–H and O–H groups in total. The van der Waals surface area contributed by atoms with Crippen molar-refractivity contribution in [2.24, 2.45) is 11.7 Å². The van der Waals surface area contributed by atoms with Crippen molar-refractivity contribution in [2.75, 3.05) is 20.2 Å². The van der Waals surface area contributed by atoms with Gasteiger partial charge in [-0.15, -0.1) is 13.2 Å². The van der Waals surface area contributed by atoms with E-state index in [1.165, 1.54) is 17.5 Å². The molecule has 0 spiro atoms. The maximum atomic E-state index is 12.7. The normalized spacial score (nSPS) is 17.6. The third-order valence-corrected chi connectivity index (χ3v) is 5.98. The smallest absolute Gasteiger partial charge is 0.501 e. The van der Waals surface area contributed by atoms with Crippen LogP contribution in [0, 0.1) is 5.92 Å². The number of hydrogen-bond acceptors (Lipinski definition) is 5. The number of methoxy groups -OCH3 is 1. The lowest BCUT2D eigenvalue weighted by Crippen LogP contribution is -2.39. The highest BCUT2D eigenvalue weighted by Crippen LogP contribution is 2.30. The van der Waals surface area contributed by atoms with E-state index >= 15 is 0 Å². The summed E-state index contributed by atoms with van der Waals surface area (Å²) in [5.74, 6) is -0.894. The number of benzene rings is 1. The Morgan fingerprint density at radius 2 is 1.78 bits per heavy atom. The molecule has 11 heteroatoms. The summed E-state index contributed by atoms with van der Waals surface area (Å²) in [6.07, 6.45) is -2.84. The van der Waals surface area contributed by atoms with Crippen LogP contribution in [0.5, 0.6) is 5.75 Å². The molecule has 0 radical (unpaired) electrons. The van der Waals surface area contributed by atoms with Gasteiger partial charge in [0.05, 0.1) is 12.0 Å². The van der Waals surface area contributed by atoms with E-state index in [4.69, 9.17) is 10.5 Å². The fourth-order valence-electron chi connectivity index (χ4n) is 2.83. The van der Waals surface area contributed by atoms with Crippen LogP contribution in [0.1, 0.15) is 12.8 Å². The number of amides is 1. The SMILES string of the molecule is COC(=CC(N)=O)C1CCN(S(=O)(=O)c2ccc(OC(F)(F)F)cc2)CC1. The lowest BCUT2D eigenvalue weighted by molar-refractivity contribution is -0.274. The minimum absolute atomic E-state index is 0.130. The van der Waals surface area contributed by atoms with Crippen LogP contribution >= 0.6 is 0 Å². The first-order valence-electron chi connectivity index (χ1n) is 7.94. The highest BCUT2D eigenvalue weighted by Gasteiger charge is 2.33. The van der Waals surface area contributed by atoms with Crippen LogP contribution in [-0.4, -0.2) is 45.2 Å². The number of halogens is 3. The van der Waals surface area contributed by atoms with E-state index < -0.39 is 28.0 Å². The van der Waals surface area contributed by atoms with Gasteiger partial charge in [-0.1, -0.05) is 0 Å². The van der Waals surface area contributed by atoms with Crippen molar-refractivity contribution in [1.29, 1.82) is 0 Å². The molecule has 0 unspecified atom stereocenters. The summed E-state index contributed by atoms with van der Waals surface area (Å²) in [5, 5.41) is 0. The van der Waals surface area contributed by atoms with E-state index in [0.717, 1.165) is 24.3 Å². The maximum Gasteiger partial charge on any atom is 0.573 e. The molecule has 2 rings (SSSR count). The fourth-order valence-corrected chi connectivity index (χ4v) is 4.30. The predicted octanol–water partition coefficient (Wildman–Crippen LogP) is 2.00. The van der Waals surface area contributed by atoms with Crippen LogP contribution < -0.4 is 10.5 Å². The molecule has 0 saturated carbocycles. The summed E-state index contributed by atoms with van der Waals surface area (Å²) in [7, 11) is -2.45. The number of piperidine rings is 1. The van der Waals surface area contributed by atoms with Gasteiger partial charge in [-0.25, -0.2) is 8.42 Å². The summed E-state index contributed by atoms with van der Waals surface area (Å²) < 4.78 is 72.0. The maximum absolute atomic E-state index is 12.7. The van der Waals surface area contributed by atoms with Crippen molar-refractivity contribution >= 4 is 15.9 Å². The summed E-state index contributed by atoms with van der Waals surface area (Å²) in [4.78, 5) is 10.9. The Morgan fingerprint density at radius 3 is 2.22 bits per heavy atom. The average Bonchev–Trinajstić information content (AvgIpc) is 2.58. The number of nitrogens with two attached hydrogens (primary N) is 1. The molecule has 0 aliphatic carbocycles. The van der Waals surface area contributed by atoms with E-state index in [2.05, 4.69) is 4.74 Å². The first-order chi connectivity index (χ1) is 12.5. The molecule has 150 valence electrons. The second kappa shape index (κ2) is 8.17. The van der Waals surface area contributed by atoms with Gasteiger partial charge in [0.25, 0.3) is 0 Å². The Kier molecular flexibility index (Phi) is 6.37. The van der Waals surface area contributed by atoms with Crippen molar-refractivity contribution in [3.05, 3.63) is 36.1 Å². The van der Waals surface area contributed by atoms with Gasteiger partial charge in [-0.2, -0.15) is 4.31 Å². The molecule has 1 amide bonds. The summed E-state index contributed by atoms with van der Waals surface area (Å²) in [6.45, 7) is 0.348. The fraction of sp³-hybridized carbons (Fsp3) is 0.438. The second-order valence-corrected chi connectivity index (χ2v) is 7.79. The molecule has 1 aromatic carbocycles. The van der Waals surface area contributed by atoms with Crippen molar-refractivity contribution in [2.45, 2.75) is 24.1 Å². The quantitative estimate of drug-likeness (QED) is 0.573. The number of rotatable bonds is 6. The topological polar surface area (TPSA) is 98.9 Å². The number of allylic oxidation sites excluding steroid dienone is 1. The summed E-state index contributed by atoms with van der Waals surface area (Å²) >= 11 is 0. The number of nitrogens with zero attached hydrogens (tertiary/aromatic N) is 1. The molecular formula is C16H19F3N2O5S. The number of hydrogen-bond donors (Lipinski definition) is 1. The van der Waals surface area contributed by atoms with Gasteiger partial charge < -0.3 is 15.2 Å². The first-order valence-corrected chi connectivity index (χ1v) is 9.38. The highest BCUT2D eigenvalue weighted by molar-refractivity contribution is 7.89. The summed E-state index contributed by atoms with van der Waals surface area (Å²) in [5.41, 5.74) is 5.12. The van der Waals surface area contributed by atoms with Crippen LogP contribution in [0.15, 0.2) is 41.0 Å². The van der Waals surface area contributed by atoms with E-state index in [1.807, 2.05) is 0 Å². The number of primary amides is 1. The standard InChI is InChI=1S/C16H19F3N2O5S/c1-25-14(10-15(20)22)11-6-8-21(9-7-11)27(23,24)13-4-2-12(3-5-13)26-16(17,18)19/h2-5,10-11H,6-9H2,1H3,(H2,20,22). The Bertz CT molecular complexity index is 798. The van der Waals surface area contributed by atoms with Crippen LogP contribution in [0.3, 0.4) is 0 Å². The average molecular weight is 408 g/mol. The van der Waals surface area contributed by atoms with Crippen LogP contribution in [0.2, 0.25) is 0 Å². The molecular weight excluding hydrogens is 389 g/mol. The monoisotopic (exact) mass is 408 g/mol. The van der Waals surface area contributed by atoms with E-state index in [9.17, 15) is 26.4 Å². The first kappa shape index (κ1) is 21.0. The van der Waals surface area contributed by atoms with Crippen LogP contribution in [0.4, 0.5) is 13.2 Å². The third kappa shape index (κ3) is 5.60. The third-order valence-electron chi connectivity index (χ3n) is 4.07. The Labute approximate surface area is 154 Å². The molecule has 1 aromatic rings. The molecule has 1 aliphatic rings. The number of carbonyl (C=O) groups is 1. The molecule has 0 aromatic heterocycles. The zero-order valence-electron chi connectivity index (χ0n) is 14.4. The minimum Gasteiger partial charge on any atom is -0.501 e.